The average molecular weight is 511 g/mol. The molecule has 10 heteroatoms. The molecule has 1 unspecified atom stereocenters. The largest absolute Gasteiger partial charge is 0.478 e. The molecule has 1 heterocycles. The Hall–Kier alpha value is -2.98. The third-order valence-corrected chi connectivity index (χ3v) is 5.31. The minimum Gasteiger partial charge on any atom is -0.478 e. The molecular formula is C22H18BrF3N2O4. The van der Waals surface area contributed by atoms with Crippen molar-refractivity contribution in [3.05, 3.63) is 69.7 Å². The minimum atomic E-state index is -4.49. The summed E-state index contributed by atoms with van der Waals surface area (Å²) in [5.74, 6) is -2.58. The molecule has 3 rings (SSSR count). The van der Waals surface area contributed by atoms with Gasteiger partial charge in [0.15, 0.2) is 0 Å². The number of carbonyl (C=O) groups excluding carboxylic acids is 1. The molecule has 32 heavy (non-hydrogen) atoms. The molecule has 1 N–H and O–H groups in total. The highest BCUT2D eigenvalue weighted by atomic mass is 79.9. The first-order valence-electron chi connectivity index (χ1n) is 9.37. The highest BCUT2D eigenvalue weighted by molar-refractivity contribution is 9.10. The van der Waals surface area contributed by atoms with Gasteiger partial charge in [-0.25, -0.2) is 9.80 Å². The van der Waals surface area contributed by atoms with Crippen molar-refractivity contribution >= 4 is 45.3 Å². The summed E-state index contributed by atoms with van der Waals surface area (Å²) in [4.78, 5) is 24.9. The molecular weight excluding hydrogens is 493 g/mol. The third-order valence-electron chi connectivity index (χ3n) is 4.78. The second kappa shape index (κ2) is 9.66. The SMILES string of the molecule is COCC1=NN(c2ccc(Br)cc2)C(=O)C1CC(=Cc1ccc(C(F)(F)F)cc1)C(=O)O. The van der Waals surface area contributed by atoms with Crippen molar-refractivity contribution in [2.45, 2.75) is 12.6 Å². The summed E-state index contributed by atoms with van der Waals surface area (Å²) >= 11 is 3.32. The van der Waals surface area contributed by atoms with Gasteiger partial charge in [0, 0.05) is 17.2 Å². The van der Waals surface area contributed by atoms with E-state index in [0.29, 0.717) is 11.4 Å². The zero-order chi connectivity index (χ0) is 23.5. The number of alkyl halides is 3. The molecule has 0 aliphatic carbocycles. The number of nitrogens with zero attached hydrogens (tertiary/aromatic N) is 2. The molecule has 0 saturated heterocycles. The highest BCUT2D eigenvalue weighted by Crippen LogP contribution is 2.31. The molecule has 2 aromatic rings. The van der Waals surface area contributed by atoms with Crippen LogP contribution >= 0.6 is 15.9 Å². The fourth-order valence-corrected chi connectivity index (χ4v) is 3.45. The zero-order valence-electron chi connectivity index (χ0n) is 16.8. The fourth-order valence-electron chi connectivity index (χ4n) is 3.18. The van der Waals surface area contributed by atoms with Crippen molar-refractivity contribution in [2.75, 3.05) is 18.7 Å². The van der Waals surface area contributed by atoms with Gasteiger partial charge < -0.3 is 9.84 Å². The van der Waals surface area contributed by atoms with Gasteiger partial charge in [0.05, 0.1) is 29.5 Å². The number of methoxy groups -OCH3 is 1. The van der Waals surface area contributed by atoms with Crippen molar-refractivity contribution in [2.24, 2.45) is 11.0 Å². The van der Waals surface area contributed by atoms with Gasteiger partial charge in [-0.15, -0.1) is 0 Å². The maximum Gasteiger partial charge on any atom is 0.416 e. The second-order valence-electron chi connectivity index (χ2n) is 7.00. The Morgan fingerprint density at radius 1 is 1.19 bits per heavy atom. The smallest absolute Gasteiger partial charge is 0.416 e. The fraction of sp³-hybridized carbons (Fsp3) is 0.227. The van der Waals surface area contributed by atoms with E-state index in [1.165, 1.54) is 30.3 Å². The Kier molecular flexibility index (Phi) is 7.15. The summed E-state index contributed by atoms with van der Waals surface area (Å²) < 4.78 is 44.2. The van der Waals surface area contributed by atoms with Crippen molar-refractivity contribution in [1.82, 2.24) is 0 Å². The molecule has 0 aromatic heterocycles. The molecule has 0 spiro atoms. The standard InChI is InChI=1S/C22H18BrF3N2O4/c1-32-12-19-18(20(29)28(27-19)17-8-6-16(23)7-9-17)11-14(21(30)31)10-13-2-4-15(5-3-13)22(24,25)26/h2-10,18H,11-12H2,1H3,(H,30,31). The van der Waals surface area contributed by atoms with Gasteiger partial charge in [0.1, 0.15) is 0 Å². The van der Waals surface area contributed by atoms with Crippen LogP contribution in [-0.2, 0) is 20.5 Å². The van der Waals surface area contributed by atoms with Crippen LogP contribution in [0.1, 0.15) is 17.5 Å². The van der Waals surface area contributed by atoms with Crippen molar-refractivity contribution in [3.63, 3.8) is 0 Å². The van der Waals surface area contributed by atoms with Crippen LogP contribution in [0.25, 0.3) is 6.08 Å². The van der Waals surface area contributed by atoms with Crippen LogP contribution in [0.15, 0.2) is 63.7 Å². The summed E-state index contributed by atoms with van der Waals surface area (Å²) in [6.07, 6.45) is -3.43. The van der Waals surface area contributed by atoms with E-state index in [9.17, 15) is 27.9 Å². The van der Waals surface area contributed by atoms with Crippen molar-refractivity contribution in [1.29, 1.82) is 0 Å². The lowest BCUT2D eigenvalue weighted by molar-refractivity contribution is -0.137. The van der Waals surface area contributed by atoms with Gasteiger partial charge in [0.2, 0.25) is 0 Å². The summed E-state index contributed by atoms with van der Waals surface area (Å²) in [5, 5.41) is 15.2. The summed E-state index contributed by atoms with van der Waals surface area (Å²) in [5.41, 5.74) is 0.176. The predicted octanol–water partition coefficient (Wildman–Crippen LogP) is 4.99. The quantitative estimate of drug-likeness (QED) is 0.532. The monoisotopic (exact) mass is 510 g/mol. The zero-order valence-corrected chi connectivity index (χ0v) is 18.4. The lowest BCUT2D eigenvalue weighted by Gasteiger charge is -2.15. The first-order valence-corrected chi connectivity index (χ1v) is 10.2. The normalized spacial score (nSPS) is 17.0. The van der Waals surface area contributed by atoms with Gasteiger partial charge in [-0.05, 0) is 54.5 Å². The molecule has 168 valence electrons. The van der Waals surface area contributed by atoms with Crippen molar-refractivity contribution < 1.29 is 32.6 Å². The Labute approximate surface area is 190 Å². The number of hydrazone groups is 1. The number of anilines is 1. The van der Waals surface area contributed by atoms with Crippen LogP contribution < -0.4 is 5.01 Å². The summed E-state index contributed by atoms with van der Waals surface area (Å²) in [6, 6.07) is 11.0. The number of hydrogen-bond donors (Lipinski definition) is 1. The Morgan fingerprint density at radius 3 is 2.34 bits per heavy atom. The number of amides is 1. The average Bonchev–Trinajstić information content (AvgIpc) is 3.03. The van der Waals surface area contributed by atoms with E-state index in [4.69, 9.17) is 4.74 Å². The van der Waals surface area contributed by atoms with E-state index in [-0.39, 0.29) is 24.2 Å². The van der Waals surface area contributed by atoms with E-state index in [2.05, 4.69) is 21.0 Å². The molecule has 6 nitrogen and oxygen atoms in total. The Morgan fingerprint density at radius 2 is 1.81 bits per heavy atom. The van der Waals surface area contributed by atoms with E-state index in [1.807, 2.05) is 0 Å². The van der Waals surface area contributed by atoms with Gasteiger partial charge in [-0.3, -0.25) is 4.79 Å². The van der Waals surface area contributed by atoms with Gasteiger partial charge in [-0.2, -0.15) is 18.3 Å². The number of aliphatic carboxylic acids is 1. The predicted molar refractivity (Wildman–Crippen MR) is 116 cm³/mol. The Balaban J connectivity index is 1.88. The molecule has 0 bridgehead atoms. The van der Waals surface area contributed by atoms with Crippen LogP contribution in [0.2, 0.25) is 0 Å². The van der Waals surface area contributed by atoms with E-state index in [1.54, 1.807) is 24.3 Å². The number of benzene rings is 2. The molecule has 0 fully saturated rings. The molecule has 0 radical (unpaired) electrons. The number of ether oxygens (including phenoxy) is 1. The van der Waals surface area contributed by atoms with Crippen LogP contribution in [0.3, 0.4) is 0 Å². The lowest BCUT2D eigenvalue weighted by atomic mass is 9.93. The van der Waals surface area contributed by atoms with Crippen LogP contribution in [0, 0.1) is 5.92 Å². The maximum absolute atomic E-state index is 13.0. The van der Waals surface area contributed by atoms with Crippen LogP contribution in [0.5, 0.6) is 0 Å². The third kappa shape index (κ3) is 5.43. The number of hydrogen-bond acceptors (Lipinski definition) is 4. The van der Waals surface area contributed by atoms with E-state index < -0.39 is 29.5 Å². The summed E-state index contributed by atoms with van der Waals surface area (Å²) in [7, 11) is 1.43. The Bertz CT molecular complexity index is 1060. The topological polar surface area (TPSA) is 79.2 Å². The second-order valence-corrected chi connectivity index (χ2v) is 7.92. The first-order chi connectivity index (χ1) is 15.1. The van der Waals surface area contributed by atoms with Crippen LogP contribution in [-0.4, -0.2) is 36.4 Å². The number of carboxylic acids is 1. The molecule has 1 aliphatic rings. The molecule has 1 atom stereocenters. The first kappa shape index (κ1) is 23.7. The van der Waals surface area contributed by atoms with Gasteiger partial charge in [-0.1, -0.05) is 28.1 Å². The van der Waals surface area contributed by atoms with Crippen molar-refractivity contribution in [3.8, 4) is 0 Å². The molecule has 2 aromatic carbocycles. The number of carboxylic acid groups (broad SMARTS) is 1. The molecule has 1 amide bonds. The number of carbonyl (C=O) groups is 2. The highest BCUT2D eigenvalue weighted by Gasteiger charge is 2.38. The van der Waals surface area contributed by atoms with Gasteiger partial charge in [0.25, 0.3) is 5.91 Å². The van der Waals surface area contributed by atoms with E-state index in [0.717, 1.165) is 16.6 Å². The maximum atomic E-state index is 13.0. The summed E-state index contributed by atoms with van der Waals surface area (Å²) in [6.45, 7) is 0.0244. The molecule has 0 saturated carbocycles. The van der Waals surface area contributed by atoms with E-state index >= 15 is 0 Å². The van der Waals surface area contributed by atoms with Gasteiger partial charge >= 0.3 is 12.1 Å². The number of halogens is 4. The lowest BCUT2D eigenvalue weighted by Crippen LogP contribution is -2.29. The van der Waals surface area contributed by atoms with Crippen LogP contribution in [0.4, 0.5) is 18.9 Å². The minimum absolute atomic E-state index is 0.0244. The number of rotatable bonds is 7. The molecule has 1 aliphatic heterocycles.